The lowest BCUT2D eigenvalue weighted by atomic mass is 10.1. The van der Waals surface area contributed by atoms with E-state index in [1.54, 1.807) is 13.0 Å². The van der Waals surface area contributed by atoms with Gasteiger partial charge in [-0.15, -0.1) is 0 Å². The van der Waals surface area contributed by atoms with Crippen molar-refractivity contribution in [3.63, 3.8) is 0 Å². The van der Waals surface area contributed by atoms with Crippen LogP contribution in [0.5, 0.6) is 0 Å². The molecule has 0 aliphatic heterocycles. The molecule has 0 bridgehead atoms. The number of nitrogens with one attached hydrogen (secondary N) is 2. The molecule has 26 heavy (non-hydrogen) atoms. The van der Waals surface area contributed by atoms with Gasteiger partial charge in [-0.25, -0.2) is 4.79 Å². The molecule has 2 aromatic rings. The van der Waals surface area contributed by atoms with Gasteiger partial charge in [-0.2, -0.15) is 0 Å². The fourth-order valence-corrected chi connectivity index (χ4v) is 2.22. The smallest absolute Gasteiger partial charge is 0.330 e. The fourth-order valence-electron chi connectivity index (χ4n) is 2.22. The Morgan fingerprint density at radius 2 is 1.73 bits per heavy atom. The van der Waals surface area contributed by atoms with Crippen molar-refractivity contribution in [3.05, 3.63) is 71.3 Å². The number of amides is 1. The van der Waals surface area contributed by atoms with Crippen molar-refractivity contribution in [2.75, 3.05) is 18.5 Å². The highest BCUT2D eigenvalue weighted by Gasteiger charge is 2.02. The lowest BCUT2D eigenvalue weighted by molar-refractivity contribution is -0.137. The van der Waals surface area contributed by atoms with E-state index in [4.69, 9.17) is 4.74 Å². The summed E-state index contributed by atoms with van der Waals surface area (Å²) in [7, 11) is 0. The zero-order chi connectivity index (χ0) is 18.8. The molecule has 5 heteroatoms. The van der Waals surface area contributed by atoms with E-state index in [9.17, 15) is 9.59 Å². The molecule has 0 saturated carbocycles. The number of carbonyl (C=O) groups excluding carboxylic acids is 2. The van der Waals surface area contributed by atoms with Crippen molar-refractivity contribution in [2.24, 2.45) is 0 Å². The minimum Gasteiger partial charge on any atom is -0.463 e. The second-order valence-corrected chi connectivity index (χ2v) is 5.82. The summed E-state index contributed by atoms with van der Waals surface area (Å²) in [6.07, 6.45) is 3.08. The molecule has 2 rings (SSSR count). The van der Waals surface area contributed by atoms with Gasteiger partial charge in [0.05, 0.1) is 13.2 Å². The normalized spacial score (nSPS) is 10.5. The third-order valence-electron chi connectivity index (χ3n) is 3.67. The van der Waals surface area contributed by atoms with Crippen LogP contribution in [0.2, 0.25) is 0 Å². The second-order valence-electron chi connectivity index (χ2n) is 5.82. The number of esters is 1. The zero-order valence-electron chi connectivity index (χ0n) is 15.1. The molecule has 0 atom stereocenters. The van der Waals surface area contributed by atoms with Crippen molar-refractivity contribution in [2.45, 2.75) is 20.4 Å². The summed E-state index contributed by atoms with van der Waals surface area (Å²) in [5.41, 5.74) is 3.99. The lowest BCUT2D eigenvalue weighted by Gasteiger charge is -2.08. The van der Waals surface area contributed by atoms with Crippen molar-refractivity contribution in [1.82, 2.24) is 5.32 Å². The fraction of sp³-hybridized carbons (Fsp3) is 0.238. The maximum atomic E-state index is 11.9. The van der Waals surface area contributed by atoms with Gasteiger partial charge in [0.2, 0.25) is 5.91 Å². The number of hydrogen-bond donors (Lipinski definition) is 2. The Balaban J connectivity index is 1.75. The van der Waals surface area contributed by atoms with Gasteiger partial charge in [0.25, 0.3) is 0 Å². The van der Waals surface area contributed by atoms with E-state index in [-0.39, 0.29) is 18.4 Å². The molecule has 0 aliphatic carbocycles. The molecule has 0 heterocycles. The highest BCUT2D eigenvalue weighted by Crippen LogP contribution is 2.10. The minimum absolute atomic E-state index is 0.0724. The van der Waals surface area contributed by atoms with E-state index in [0.717, 1.165) is 16.8 Å². The zero-order valence-corrected chi connectivity index (χ0v) is 15.1. The van der Waals surface area contributed by atoms with Crippen LogP contribution in [0, 0.1) is 6.92 Å². The highest BCUT2D eigenvalue weighted by molar-refractivity contribution is 5.87. The number of ether oxygens (including phenoxy) is 1. The number of benzene rings is 2. The molecule has 0 radical (unpaired) electrons. The van der Waals surface area contributed by atoms with Gasteiger partial charge in [-0.1, -0.05) is 42.0 Å². The molecular formula is C21H24N2O3. The van der Waals surface area contributed by atoms with Gasteiger partial charge in [-0.05, 0) is 43.2 Å². The van der Waals surface area contributed by atoms with Crippen LogP contribution >= 0.6 is 0 Å². The molecule has 0 spiro atoms. The van der Waals surface area contributed by atoms with Crippen LogP contribution in [0.3, 0.4) is 0 Å². The summed E-state index contributed by atoms with van der Waals surface area (Å²) in [5.74, 6) is -0.434. The third kappa shape index (κ3) is 6.81. The molecule has 2 N–H and O–H groups in total. The number of carbonyl (C=O) groups is 2. The maximum absolute atomic E-state index is 11.9. The summed E-state index contributed by atoms with van der Waals surface area (Å²) >= 11 is 0. The van der Waals surface area contributed by atoms with Crippen LogP contribution < -0.4 is 10.6 Å². The Bertz CT molecular complexity index is 750. The lowest BCUT2D eigenvalue weighted by Crippen LogP contribution is -2.29. The number of rotatable bonds is 8. The Morgan fingerprint density at radius 3 is 2.38 bits per heavy atom. The van der Waals surface area contributed by atoms with Crippen LogP contribution in [0.25, 0.3) is 6.08 Å². The average Bonchev–Trinajstić information content (AvgIpc) is 2.65. The molecule has 0 unspecified atom stereocenters. The van der Waals surface area contributed by atoms with Gasteiger partial charge in [0.15, 0.2) is 0 Å². The Kier molecular flexibility index (Phi) is 7.43. The summed E-state index contributed by atoms with van der Waals surface area (Å²) in [5, 5.41) is 5.96. The number of hydrogen-bond acceptors (Lipinski definition) is 4. The van der Waals surface area contributed by atoms with Crippen LogP contribution in [-0.4, -0.2) is 25.0 Å². The van der Waals surface area contributed by atoms with Gasteiger partial charge >= 0.3 is 5.97 Å². The molecule has 2 aromatic carbocycles. The first kappa shape index (κ1) is 19.2. The third-order valence-corrected chi connectivity index (χ3v) is 3.67. The Labute approximate surface area is 154 Å². The standard InChI is InChI=1S/C21H24N2O3/c1-3-26-21(25)13-10-17-8-11-19(12-9-17)22-15-20(24)23-14-18-6-4-16(2)5-7-18/h4-13,22H,3,14-15H2,1-2H3,(H,23,24)/b13-10+. The quantitative estimate of drug-likeness (QED) is 0.565. The second kappa shape index (κ2) is 10.0. The molecule has 0 aliphatic rings. The van der Waals surface area contributed by atoms with Crippen molar-refractivity contribution in [3.8, 4) is 0 Å². The van der Waals surface area contributed by atoms with Crippen LogP contribution in [0.4, 0.5) is 5.69 Å². The van der Waals surface area contributed by atoms with Gasteiger partial charge in [-0.3, -0.25) is 4.79 Å². The van der Waals surface area contributed by atoms with E-state index >= 15 is 0 Å². The van der Waals surface area contributed by atoms with Gasteiger partial charge in [0.1, 0.15) is 0 Å². The van der Waals surface area contributed by atoms with Gasteiger partial charge < -0.3 is 15.4 Å². The molecule has 0 saturated heterocycles. The largest absolute Gasteiger partial charge is 0.463 e. The van der Waals surface area contributed by atoms with Crippen LogP contribution in [0.1, 0.15) is 23.6 Å². The molecule has 0 aromatic heterocycles. The molecule has 0 fully saturated rings. The molecule has 136 valence electrons. The first-order chi connectivity index (χ1) is 12.6. The van der Waals surface area contributed by atoms with E-state index in [1.807, 2.05) is 55.5 Å². The van der Waals surface area contributed by atoms with E-state index < -0.39 is 0 Å². The topological polar surface area (TPSA) is 67.4 Å². The predicted molar refractivity (Wildman–Crippen MR) is 104 cm³/mol. The average molecular weight is 352 g/mol. The first-order valence-electron chi connectivity index (χ1n) is 8.58. The van der Waals surface area contributed by atoms with Crippen LogP contribution in [0.15, 0.2) is 54.6 Å². The van der Waals surface area contributed by atoms with E-state index in [2.05, 4.69) is 10.6 Å². The highest BCUT2D eigenvalue weighted by atomic mass is 16.5. The van der Waals surface area contributed by atoms with Gasteiger partial charge in [0, 0.05) is 18.3 Å². The van der Waals surface area contributed by atoms with E-state index in [0.29, 0.717) is 13.2 Å². The van der Waals surface area contributed by atoms with Crippen LogP contribution in [-0.2, 0) is 20.9 Å². The van der Waals surface area contributed by atoms with E-state index in [1.165, 1.54) is 11.6 Å². The molecule has 1 amide bonds. The maximum Gasteiger partial charge on any atom is 0.330 e. The van der Waals surface area contributed by atoms with Crippen molar-refractivity contribution < 1.29 is 14.3 Å². The number of aryl methyl sites for hydroxylation is 1. The monoisotopic (exact) mass is 352 g/mol. The summed E-state index contributed by atoms with van der Waals surface area (Å²) < 4.78 is 4.83. The van der Waals surface area contributed by atoms with Crippen molar-refractivity contribution >= 4 is 23.6 Å². The summed E-state index contributed by atoms with van der Waals surface area (Å²) in [4.78, 5) is 23.2. The van der Waals surface area contributed by atoms with Crippen molar-refractivity contribution in [1.29, 1.82) is 0 Å². The summed E-state index contributed by atoms with van der Waals surface area (Å²) in [6, 6.07) is 15.5. The SMILES string of the molecule is CCOC(=O)/C=C/c1ccc(NCC(=O)NCc2ccc(C)cc2)cc1. The summed E-state index contributed by atoms with van der Waals surface area (Å²) in [6.45, 7) is 4.87. The molecule has 5 nitrogen and oxygen atoms in total. The Hall–Kier alpha value is -3.08. The first-order valence-corrected chi connectivity index (χ1v) is 8.58. The number of anilines is 1. The Morgan fingerprint density at radius 1 is 1.04 bits per heavy atom. The molecular weight excluding hydrogens is 328 g/mol. The minimum atomic E-state index is -0.361. The predicted octanol–water partition coefficient (Wildman–Crippen LogP) is 3.30.